The van der Waals surface area contributed by atoms with Gasteiger partial charge in [-0.3, -0.25) is 19.2 Å². The van der Waals surface area contributed by atoms with Crippen LogP contribution in [0.2, 0.25) is 0 Å². The van der Waals surface area contributed by atoms with Crippen molar-refractivity contribution >= 4 is 39.0 Å². The van der Waals surface area contributed by atoms with Crippen LogP contribution >= 0.6 is 11.3 Å². The number of ether oxygens (including phenoxy) is 1. The number of carbonyl (C=O) groups excluding carboxylic acids is 3. The van der Waals surface area contributed by atoms with E-state index < -0.39 is 11.7 Å². The van der Waals surface area contributed by atoms with Gasteiger partial charge in [0.1, 0.15) is 5.75 Å². The molecule has 1 aliphatic rings. The normalized spacial score (nSPS) is 14.7. The Balaban J connectivity index is 1.77. The smallest absolute Gasteiger partial charge is 0.289 e. The molecular formula is C21H26N2O5S. The van der Waals surface area contributed by atoms with Gasteiger partial charge in [-0.1, -0.05) is 32.3 Å². The Bertz CT molecular complexity index is 917. The third-order valence-corrected chi connectivity index (χ3v) is 6.38. The number of hydroxylamine groups is 2. The number of hydrogen-bond donors (Lipinski definition) is 1. The van der Waals surface area contributed by atoms with Crippen LogP contribution in [-0.2, 0) is 20.8 Å². The predicted molar refractivity (Wildman–Crippen MR) is 111 cm³/mol. The van der Waals surface area contributed by atoms with Gasteiger partial charge < -0.3 is 10.5 Å². The lowest BCUT2D eigenvalue weighted by atomic mass is 9.98. The Kier molecular flexibility index (Phi) is 6.87. The maximum atomic E-state index is 12.5. The third kappa shape index (κ3) is 4.76. The summed E-state index contributed by atoms with van der Waals surface area (Å²) < 4.78 is 6.56. The van der Waals surface area contributed by atoms with Gasteiger partial charge in [-0.2, -0.15) is 0 Å². The first-order valence-electron chi connectivity index (χ1n) is 9.87. The fourth-order valence-electron chi connectivity index (χ4n) is 3.58. The standard InChI is InChI=1S/C21H26N2O5S/c1-3-15-19(20(25)21(22)26)18-14(10-7-11-16(18)29-15)27-12-17(24)23(2)28-13-8-5-4-6-9-13/h7,10-11,13H,3-6,8-9,12H2,1-2H3,(H2,22,26). The fraction of sp³-hybridized carbons (Fsp3) is 0.476. The van der Waals surface area contributed by atoms with Crippen molar-refractivity contribution in [1.82, 2.24) is 5.06 Å². The molecule has 1 heterocycles. The second kappa shape index (κ2) is 9.37. The van der Waals surface area contributed by atoms with Crippen molar-refractivity contribution in [2.45, 2.75) is 51.6 Å². The van der Waals surface area contributed by atoms with E-state index in [9.17, 15) is 14.4 Å². The van der Waals surface area contributed by atoms with Gasteiger partial charge in [0.2, 0.25) is 0 Å². The zero-order valence-corrected chi connectivity index (χ0v) is 17.5. The van der Waals surface area contributed by atoms with Crippen LogP contribution in [0.15, 0.2) is 18.2 Å². The maximum Gasteiger partial charge on any atom is 0.289 e. The first-order chi connectivity index (χ1) is 13.9. The van der Waals surface area contributed by atoms with E-state index in [1.165, 1.54) is 22.8 Å². The van der Waals surface area contributed by atoms with Crippen LogP contribution in [0.25, 0.3) is 10.1 Å². The number of nitrogens with two attached hydrogens (primary N) is 1. The summed E-state index contributed by atoms with van der Waals surface area (Å²) in [4.78, 5) is 42.9. The van der Waals surface area contributed by atoms with Gasteiger partial charge in [0.25, 0.3) is 17.6 Å². The molecule has 0 bridgehead atoms. The summed E-state index contributed by atoms with van der Waals surface area (Å²) in [6.07, 6.45) is 5.97. The molecule has 156 valence electrons. The van der Waals surface area contributed by atoms with E-state index in [1.54, 1.807) is 19.2 Å². The molecule has 1 aromatic heterocycles. The number of fused-ring (bicyclic) bond motifs is 1. The number of benzene rings is 1. The Morgan fingerprint density at radius 2 is 1.93 bits per heavy atom. The molecule has 2 amide bonds. The molecule has 0 atom stereocenters. The highest BCUT2D eigenvalue weighted by Gasteiger charge is 2.25. The second-order valence-electron chi connectivity index (χ2n) is 7.12. The summed E-state index contributed by atoms with van der Waals surface area (Å²) in [6, 6.07) is 5.32. The maximum absolute atomic E-state index is 12.5. The van der Waals surface area contributed by atoms with E-state index in [4.69, 9.17) is 15.3 Å². The summed E-state index contributed by atoms with van der Waals surface area (Å²) in [5, 5.41) is 1.76. The van der Waals surface area contributed by atoms with Crippen LogP contribution in [0.5, 0.6) is 5.75 Å². The SMILES string of the molecule is CCc1sc2cccc(OCC(=O)N(C)OC3CCCCC3)c2c1C(=O)C(N)=O. The molecule has 1 aliphatic carbocycles. The first kappa shape index (κ1) is 21.3. The minimum absolute atomic E-state index is 0.0601. The Labute approximate surface area is 173 Å². The predicted octanol–water partition coefficient (Wildman–Crippen LogP) is 3.23. The molecule has 1 saturated carbocycles. The van der Waals surface area contributed by atoms with Crippen molar-refractivity contribution in [1.29, 1.82) is 0 Å². The highest BCUT2D eigenvalue weighted by Crippen LogP contribution is 2.38. The number of nitrogens with zero attached hydrogens (tertiary/aromatic N) is 1. The summed E-state index contributed by atoms with van der Waals surface area (Å²) in [7, 11) is 1.59. The number of likely N-dealkylation sites (N-methyl/N-ethyl adjacent to an activating group) is 1. The van der Waals surface area contributed by atoms with Crippen LogP contribution in [0, 0.1) is 0 Å². The van der Waals surface area contributed by atoms with Gasteiger partial charge in [-0.05, 0) is 31.4 Å². The van der Waals surface area contributed by atoms with Crippen molar-refractivity contribution in [2.75, 3.05) is 13.7 Å². The number of thiophene rings is 1. The molecule has 0 radical (unpaired) electrons. The number of primary amides is 1. The first-order valence-corrected chi connectivity index (χ1v) is 10.7. The lowest BCUT2D eigenvalue weighted by Crippen LogP contribution is -2.36. The minimum Gasteiger partial charge on any atom is -0.483 e. The Hall–Kier alpha value is -2.45. The molecule has 0 spiro atoms. The second-order valence-corrected chi connectivity index (χ2v) is 8.26. The zero-order valence-electron chi connectivity index (χ0n) is 16.7. The molecule has 0 saturated heterocycles. The summed E-state index contributed by atoms with van der Waals surface area (Å²) >= 11 is 1.42. The largest absolute Gasteiger partial charge is 0.483 e. The molecular weight excluding hydrogens is 392 g/mol. The molecule has 1 aromatic carbocycles. The molecule has 29 heavy (non-hydrogen) atoms. The number of hydrogen-bond acceptors (Lipinski definition) is 6. The van der Waals surface area contributed by atoms with Crippen molar-refractivity contribution in [3.63, 3.8) is 0 Å². The van der Waals surface area contributed by atoms with Gasteiger partial charge >= 0.3 is 0 Å². The number of carbonyl (C=O) groups is 3. The van der Waals surface area contributed by atoms with Crippen LogP contribution in [0.1, 0.15) is 54.3 Å². The molecule has 1 fully saturated rings. The number of amides is 2. The monoisotopic (exact) mass is 418 g/mol. The molecule has 0 aliphatic heterocycles. The van der Waals surface area contributed by atoms with Gasteiger partial charge in [0, 0.05) is 22.0 Å². The quantitative estimate of drug-likeness (QED) is 0.403. The average Bonchev–Trinajstić information content (AvgIpc) is 3.11. The third-order valence-electron chi connectivity index (χ3n) is 5.08. The number of Topliss-reactive ketones (excluding diaryl/α,β-unsaturated/α-hetero) is 1. The van der Waals surface area contributed by atoms with Crippen LogP contribution < -0.4 is 10.5 Å². The molecule has 7 nitrogen and oxygen atoms in total. The van der Waals surface area contributed by atoms with E-state index in [0.717, 1.165) is 35.3 Å². The summed E-state index contributed by atoms with van der Waals surface area (Å²) in [5.41, 5.74) is 5.51. The lowest BCUT2D eigenvalue weighted by Gasteiger charge is -2.26. The van der Waals surface area contributed by atoms with Gasteiger partial charge in [-0.15, -0.1) is 11.3 Å². The number of aryl methyl sites for hydroxylation is 1. The highest BCUT2D eigenvalue weighted by molar-refractivity contribution is 7.19. The minimum atomic E-state index is -1.01. The lowest BCUT2D eigenvalue weighted by molar-refractivity contribution is -0.202. The number of rotatable bonds is 8. The van der Waals surface area contributed by atoms with E-state index in [2.05, 4.69) is 0 Å². The molecule has 0 unspecified atom stereocenters. The average molecular weight is 419 g/mol. The van der Waals surface area contributed by atoms with Crippen LogP contribution in [0.3, 0.4) is 0 Å². The van der Waals surface area contributed by atoms with Gasteiger partial charge in [0.05, 0.1) is 11.7 Å². The molecule has 2 aromatic rings. The van der Waals surface area contributed by atoms with E-state index >= 15 is 0 Å². The zero-order chi connectivity index (χ0) is 21.0. The van der Waals surface area contributed by atoms with E-state index in [0.29, 0.717) is 17.6 Å². The Morgan fingerprint density at radius 3 is 2.59 bits per heavy atom. The van der Waals surface area contributed by atoms with Crippen LogP contribution in [0.4, 0.5) is 0 Å². The highest BCUT2D eigenvalue weighted by atomic mass is 32.1. The Morgan fingerprint density at radius 1 is 1.21 bits per heavy atom. The van der Waals surface area contributed by atoms with Crippen LogP contribution in [-0.4, -0.2) is 42.4 Å². The number of ketones is 1. The summed E-state index contributed by atoms with van der Waals surface area (Å²) in [5.74, 6) is -1.69. The molecule has 3 rings (SSSR count). The van der Waals surface area contributed by atoms with Crippen molar-refractivity contribution in [3.05, 3.63) is 28.6 Å². The van der Waals surface area contributed by atoms with E-state index in [-0.39, 0.29) is 24.2 Å². The van der Waals surface area contributed by atoms with Gasteiger partial charge in [0.15, 0.2) is 6.61 Å². The fourth-order valence-corrected chi connectivity index (χ4v) is 4.74. The van der Waals surface area contributed by atoms with E-state index in [1.807, 2.05) is 13.0 Å². The topological polar surface area (TPSA) is 98.9 Å². The van der Waals surface area contributed by atoms with Crippen molar-refractivity contribution in [2.24, 2.45) is 5.73 Å². The summed E-state index contributed by atoms with van der Waals surface area (Å²) in [6.45, 7) is 1.67. The molecule has 2 N–H and O–H groups in total. The molecule has 8 heteroatoms. The van der Waals surface area contributed by atoms with Crippen molar-refractivity contribution in [3.8, 4) is 5.75 Å². The van der Waals surface area contributed by atoms with Crippen molar-refractivity contribution < 1.29 is 24.0 Å². The van der Waals surface area contributed by atoms with Gasteiger partial charge in [-0.25, -0.2) is 5.06 Å².